The van der Waals surface area contributed by atoms with Crippen LogP contribution in [0.25, 0.3) is 0 Å². The zero-order chi connectivity index (χ0) is 10.1. The quantitative estimate of drug-likeness (QED) is 0.650. The molecule has 1 heteroatoms. The molecule has 1 nitrogen and oxygen atoms in total. The Morgan fingerprint density at radius 3 is 2.69 bits per heavy atom. The highest BCUT2D eigenvalue weighted by Gasteiger charge is 2.37. The SMILES string of the molecule is C=C(C)[C@@H]1CC[C@@](C)(O)[C@H](CC)C1. The molecule has 0 heterocycles. The molecule has 76 valence electrons. The van der Waals surface area contributed by atoms with Crippen molar-refractivity contribution in [3.63, 3.8) is 0 Å². The van der Waals surface area contributed by atoms with Crippen molar-refractivity contribution in [1.29, 1.82) is 0 Å². The van der Waals surface area contributed by atoms with E-state index in [0.717, 1.165) is 25.7 Å². The molecule has 1 fully saturated rings. The average Bonchev–Trinajstić information content (AvgIpc) is 2.03. The Morgan fingerprint density at radius 2 is 2.23 bits per heavy atom. The molecule has 0 aromatic rings. The van der Waals surface area contributed by atoms with E-state index in [1.54, 1.807) is 0 Å². The van der Waals surface area contributed by atoms with Gasteiger partial charge >= 0.3 is 0 Å². The Balaban J connectivity index is 2.63. The van der Waals surface area contributed by atoms with Crippen molar-refractivity contribution in [3.8, 4) is 0 Å². The molecular formula is C12H22O. The summed E-state index contributed by atoms with van der Waals surface area (Å²) >= 11 is 0. The molecule has 0 aliphatic heterocycles. The molecule has 3 atom stereocenters. The van der Waals surface area contributed by atoms with Crippen molar-refractivity contribution >= 4 is 0 Å². The lowest BCUT2D eigenvalue weighted by Gasteiger charge is -2.40. The number of hydrogen-bond acceptors (Lipinski definition) is 1. The Kier molecular flexibility index (Phi) is 3.18. The lowest BCUT2D eigenvalue weighted by Crippen LogP contribution is -2.40. The maximum absolute atomic E-state index is 10.1. The first kappa shape index (κ1) is 10.8. The van der Waals surface area contributed by atoms with E-state index < -0.39 is 5.60 Å². The number of allylic oxidation sites excluding steroid dienone is 1. The fraction of sp³-hybridized carbons (Fsp3) is 0.833. The second-order valence-electron chi connectivity index (χ2n) is 4.78. The van der Waals surface area contributed by atoms with Gasteiger partial charge in [-0.1, -0.05) is 25.5 Å². The lowest BCUT2D eigenvalue weighted by atomic mass is 9.69. The van der Waals surface area contributed by atoms with E-state index >= 15 is 0 Å². The van der Waals surface area contributed by atoms with Crippen LogP contribution >= 0.6 is 0 Å². The number of aliphatic hydroxyl groups is 1. The van der Waals surface area contributed by atoms with Crippen molar-refractivity contribution < 1.29 is 5.11 Å². The van der Waals surface area contributed by atoms with Crippen LogP contribution in [0.5, 0.6) is 0 Å². The topological polar surface area (TPSA) is 20.2 Å². The van der Waals surface area contributed by atoms with Crippen LogP contribution in [0.2, 0.25) is 0 Å². The molecule has 0 bridgehead atoms. The first-order valence-corrected chi connectivity index (χ1v) is 5.35. The highest BCUT2D eigenvalue weighted by molar-refractivity contribution is 5.02. The Hall–Kier alpha value is -0.300. The lowest BCUT2D eigenvalue weighted by molar-refractivity contribution is -0.0432. The zero-order valence-electron chi connectivity index (χ0n) is 9.14. The molecule has 1 N–H and O–H groups in total. The van der Waals surface area contributed by atoms with Crippen molar-refractivity contribution in [2.45, 2.75) is 52.1 Å². The number of hydrogen-bond donors (Lipinski definition) is 1. The van der Waals surface area contributed by atoms with E-state index in [1.165, 1.54) is 5.57 Å². The standard InChI is InChI=1S/C12H22O/c1-5-11-8-10(9(2)3)6-7-12(11,4)13/h10-11,13H,2,5-8H2,1,3-4H3/t10-,11-,12-/m1/s1. The summed E-state index contributed by atoms with van der Waals surface area (Å²) in [5, 5.41) is 10.1. The molecule has 13 heavy (non-hydrogen) atoms. The molecule has 1 aliphatic rings. The molecule has 0 radical (unpaired) electrons. The van der Waals surface area contributed by atoms with Gasteiger partial charge in [-0.05, 0) is 44.9 Å². The van der Waals surface area contributed by atoms with E-state index in [4.69, 9.17) is 0 Å². The first-order valence-electron chi connectivity index (χ1n) is 5.35. The summed E-state index contributed by atoms with van der Waals surface area (Å²) < 4.78 is 0. The van der Waals surface area contributed by atoms with E-state index in [1.807, 2.05) is 6.92 Å². The summed E-state index contributed by atoms with van der Waals surface area (Å²) in [6.45, 7) is 10.3. The first-order chi connectivity index (χ1) is 5.97. The summed E-state index contributed by atoms with van der Waals surface area (Å²) in [7, 11) is 0. The van der Waals surface area contributed by atoms with Crippen LogP contribution in [0.1, 0.15) is 46.5 Å². The second-order valence-corrected chi connectivity index (χ2v) is 4.78. The molecule has 1 rings (SSSR count). The average molecular weight is 182 g/mol. The molecule has 1 aliphatic carbocycles. The van der Waals surface area contributed by atoms with Crippen LogP contribution < -0.4 is 0 Å². The van der Waals surface area contributed by atoms with E-state index in [2.05, 4.69) is 20.4 Å². The van der Waals surface area contributed by atoms with Crippen LogP contribution in [0.15, 0.2) is 12.2 Å². The predicted octanol–water partition coefficient (Wildman–Crippen LogP) is 3.14. The highest BCUT2D eigenvalue weighted by atomic mass is 16.3. The highest BCUT2D eigenvalue weighted by Crippen LogP contribution is 2.40. The van der Waals surface area contributed by atoms with Gasteiger partial charge in [0, 0.05) is 0 Å². The largest absolute Gasteiger partial charge is 0.390 e. The van der Waals surface area contributed by atoms with Gasteiger partial charge < -0.3 is 5.11 Å². The molecule has 0 unspecified atom stereocenters. The third-order valence-corrected chi connectivity index (χ3v) is 3.64. The van der Waals surface area contributed by atoms with Crippen molar-refractivity contribution in [2.75, 3.05) is 0 Å². The Morgan fingerprint density at radius 1 is 1.62 bits per heavy atom. The van der Waals surface area contributed by atoms with Crippen molar-refractivity contribution in [2.24, 2.45) is 11.8 Å². The fourth-order valence-corrected chi connectivity index (χ4v) is 2.44. The van der Waals surface area contributed by atoms with E-state index in [0.29, 0.717) is 11.8 Å². The third kappa shape index (κ3) is 2.34. The van der Waals surface area contributed by atoms with Gasteiger partial charge in [0.2, 0.25) is 0 Å². The van der Waals surface area contributed by atoms with Crippen molar-refractivity contribution in [3.05, 3.63) is 12.2 Å². The van der Waals surface area contributed by atoms with Gasteiger partial charge in [-0.3, -0.25) is 0 Å². The van der Waals surface area contributed by atoms with Crippen LogP contribution in [0.3, 0.4) is 0 Å². The normalized spacial score (nSPS) is 40.3. The molecule has 0 aromatic heterocycles. The molecule has 1 saturated carbocycles. The molecule has 0 spiro atoms. The van der Waals surface area contributed by atoms with Crippen LogP contribution in [0, 0.1) is 11.8 Å². The summed E-state index contributed by atoms with van der Waals surface area (Å²) in [5.41, 5.74) is 0.856. The van der Waals surface area contributed by atoms with E-state index in [9.17, 15) is 5.11 Å². The summed E-state index contributed by atoms with van der Waals surface area (Å²) in [4.78, 5) is 0. The Bertz CT molecular complexity index is 193. The maximum atomic E-state index is 10.1. The van der Waals surface area contributed by atoms with Crippen LogP contribution in [-0.4, -0.2) is 10.7 Å². The molecule has 0 amide bonds. The van der Waals surface area contributed by atoms with Gasteiger partial charge in [-0.2, -0.15) is 0 Å². The zero-order valence-corrected chi connectivity index (χ0v) is 9.14. The molecular weight excluding hydrogens is 160 g/mol. The minimum absolute atomic E-state index is 0.430. The van der Waals surface area contributed by atoms with Gasteiger partial charge in [0.25, 0.3) is 0 Å². The monoisotopic (exact) mass is 182 g/mol. The predicted molar refractivity (Wildman–Crippen MR) is 56.6 cm³/mol. The smallest absolute Gasteiger partial charge is 0.0648 e. The molecule has 0 saturated heterocycles. The van der Waals surface area contributed by atoms with Crippen LogP contribution in [0.4, 0.5) is 0 Å². The number of rotatable bonds is 2. The summed E-state index contributed by atoms with van der Waals surface area (Å²) in [6.07, 6.45) is 4.25. The van der Waals surface area contributed by atoms with Crippen molar-refractivity contribution in [1.82, 2.24) is 0 Å². The fourth-order valence-electron chi connectivity index (χ4n) is 2.44. The van der Waals surface area contributed by atoms with Gasteiger partial charge in [0.15, 0.2) is 0 Å². The summed E-state index contributed by atoms with van der Waals surface area (Å²) in [5.74, 6) is 1.10. The Labute approximate surface area is 81.9 Å². The van der Waals surface area contributed by atoms with Gasteiger partial charge in [0.05, 0.1) is 5.60 Å². The third-order valence-electron chi connectivity index (χ3n) is 3.64. The van der Waals surface area contributed by atoms with Gasteiger partial charge in [-0.15, -0.1) is 0 Å². The van der Waals surface area contributed by atoms with Gasteiger partial charge in [0.1, 0.15) is 0 Å². The maximum Gasteiger partial charge on any atom is 0.0648 e. The van der Waals surface area contributed by atoms with Gasteiger partial charge in [-0.25, -0.2) is 0 Å². The minimum atomic E-state index is -0.430. The van der Waals surface area contributed by atoms with Crippen LogP contribution in [-0.2, 0) is 0 Å². The van der Waals surface area contributed by atoms with E-state index in [-0.39, 0.29) is 0 Å². The second kappa shape index (κ2) is 3.83. The molecule has 0 aromatic carbocycles. The summed E-state index contributed by atoms with van der Waals surface area (Å²) in [6, 6.07) is 0. The minimum Gasteiger partial charge on any atom is -0.390 e.